The molecule has 0 bridgehead atoms. The van der Waals surface area contributed by atoms with Crippen molar-refractivity contribution in [2.24, 2.45) is 7.05 Å². The van der Waals surface area contributed by atoms with E-state index in [1.807, 2.05) is 30.3 Å². The van der Waals surface area contributed by atoms with E-state index in [1.54, 1.807) is 42.9 Å². The highest BCUT2D eigenvalue weighted by atomic mass is 35.5. The largest absolute Gasteiger partial charge is 0.319 e. The molecule has 2 amide bonds. The van der Waals surface area contributed by atoms with Crippen molar-refractivity contribution in [2.75, 3.05) is 22.2 Å². The second-order valence-electron chi connectivity index (χ2n) is 6.66. The van der Waals surface area contributed by atoms with Crippen molar-refractivity contribution < 1.29 is 9.59 Å². The molecule has 0 unspecified atom stereocenters. The maximum absolute atomic E-state index is 12.8. The topological polar surface area (TPSA) is 97.2 Å². The summed E-state index contributed by atoms with van der Waals surface area (Å²) in [7, 11) is 1.76. The minimum atomic E-state index is -0.355. The van der Waals surface area contributed by atoms with Gasteiger partial charge in [0.25, 0.3) is 5.56 Å². The predicted octanol–water partition coefficient (Wildman–Crippen LogP) is 2.95. The maximum Gasteiger partial charge on any atom is 0.295 e. The van der Waals surface area contributed by atoms with Gasteiger partial charge in [-0.05, 0) is 37.3 Å². The van der Waals surface area contributed by atoms with Gasteiger partial charge in [0.2, 0.25) is 11.8 Å². The van der Waals surface area contributed by atoms with Crippen molar-refractivity contribution in [1.29, 1.82) is 0 Å². The second kappa shape index (κ2) is 10.2. The number of rotatable bonds is 8. The molecule has 10 heteroatoms. The van der Waals surface area contributed by atoms with Crippen LogP contribution in [0.1, 0.15) is 5.69 Å². The van der Waals surface area contributed by atoms with E-state index in [-0.39, 0.29) is 34.6 Å². The SMILES string of the molecule is Cc1c(NC(=O)CSCC(=O)NNc2cccc(Cl)c2)c(=O)n(-c2ccccc2)n1C. The van der Waals surface area contributed by atoms with E-state index in [0.717, 1.165) is 11.8 Å². The molecule has 3 N–H and O–H groups in total. The fourth-order valence-corrected chi connectivity index (χ4v) is 3.68. The van der Waals surface area contributed by atoms with Crippen LogP contribution in [0.15, 0.2) is 59.4 Å². The Hall–Kier alpha value is -3.17. The molecule has 0 aliphatic carbocycles. The summed E-state index contributed by atoms with van der Waals surface area (Å²) >= 11 is 7.03. The summed E-state index contributed by atoms with van der Waals surface area (Å²) in [6.07, 6.45) is 0. The van der Waals surface area contributed by atoms with Gasteiger partial charge in [-0.15, -0.1) is 11.8 Å². The molecule has 0 fully saturated rings. The minimum absolute atomic E-state index is 0.0314. The number of para-hydroxylation sites is 1. The number of aromatic nitrogens is 2. The van der Waals surface area contributed by atoms with Crippen molar-refractivity contribution in [1.82, 2.24) is 14.8 Å². The average molecular weight is 460 g/mol. The highest BCUT2D eigenvalue weighted by molar-refractivity contribution is 8.00. The van der Waals surface area contributed by atoms with Crippen LogP contribution in [0.4, 0.5) is 11.4 Å². The Morgan fingerprint density at radius 2 is 1.74 bits per heavy atom. The first-order valence-electron chi connectivity index (χ1n) is 9.39. The lowest BCUT2D eigenvalue weighted by molar-refractivity contribution is -0.118. The average Bonchev–Trinajstić information content (AvgIpc) is 2.96. The third-order valence-corrected chi connectivity index (χ3v) is 5.62. The van der Waals surface area contributed by atoms with Crippen molar-refractivity contribution >= 4 is 46.6 Å². The van der Waals surface area contributed by atoms with E-state index >= 15 is 0 Å². The summed E-state index contributed by atoms with van der Waals surface area (Å²) in [5.41, 5.74) is 7.20. The summed E-state index contributed by atoms with van der Waals surface area (Å²) in [5.74, 6) is -0.543. The molecule has 1 heterocycles. The van der Waals surface area contributed by atoms with Crippen molar-refractivity contribution in [3.63, 3.8) is 0 Å². The van der Waals surface area contributed by atoms with Crippen LogP contribution in [-0.4, -0.2) is 32.7 Å². The molecule has 2 aromatic carbocycles. The molecule has 3 aromatic rings. The highest BCUT2D eigenvalue weighted by Crippen LogP contribution is 2.15. The third-order valence-electron chi connectivity index (χ3n) is 4.46. The first-order valence-corrected chi connectivity index (χ1v) is 10.9. The Morgan fingerprint density at radius 3 is 2.45 bits per heavy atom. The van der Waals surface area contributed by atoms with Gasteiger partial charge in [-0.3, -0.25) is 29.9 Å². The molecular formula is C21H22ClN5O3S. The first-order chi connectivity index (χ1) is 14.9. The van der Waals surface area contributed by atoms with Crippen LogP contribution in [0.2, 0.25) is 5.02 Å². The van der Waals surface area contributed by atoms with E-state index in [2.05, 4.69) is 16.2 Å². The van der Waals surface area contributed by atoms with E-state index in [4.69, 9.17) is 11.6 Å². The molecule has 0 saturated carbocycles. The Balaban J connectivity index is 1.52. The quantitative estimate of drug-likeness (QED) is 0.450. The molecule has 162 valence electrons. The molecule has 1 aromatic heterocycles. The van der Waals surface area contributed by atoms with Gasteiger partial charge in [-0.25, -0.2) is 4.68 Å². The molecule has 0 spiro atoms. The van der Waals surface area contributed by atoms with Gasteiger partial charge in [0.1, 0.15) is 5.69 Å². The van der Waals surface area contributed by atoms with Gasteiger partial charge in [0, 0.05) is 12.1 Å². The molecule has 0 aliphatic rings. The van der Waals surface area contributed by atoms with E-state index in [0.29, 0.717) is 22.1 Å². The smallest absolute Gasteiger partial charge is 0.295 e. The zero-order chi connectivity index (χ0) is 22.4. The molecule has 8 nitrogen and oxygen atoms in total. The summed E-state index contributed by atoms with van der Waals surface area (Å²) < 4.78 is 3.18. The minimum Gasteiger partial charge on any atom is -0.319 e. The predicted molar refractivity (Wildman–Crippen MR) is 125 cm³/mol. The summed E-state index contributed by atoms with van der Waals surface area (Å²) in [6, 6.07) is 16.1. The van der Waals surface area contributed by atoms with Crippen LogP contribution in [-0.2, 0) is 16.6 Å². The van der Waals surface area contributed by atoms with E-state index in [1.165, 1.54) is 4.68 Å². The van der Waals surface area contributed by atoms with Gasteiger partial charge in [-0.2, -0.15) is 0 Å². The van der Waals surface area contributed by atoms with Crippen molar-refractivity contribution in [3.8, 4) is 5.69 Å². The first kappa shape index (κ1) is 22.5. The number of benzene rings is 2. The number of amides is 2. The van der Waals surface area contributed by atoms with Crippen LogP contribution < -0.4 is 21.7 Å². The van der Waals surface area contributed by atoms with Crippen molar-refractivity contribution in [2.45, 2.75) is 6.92 Å². The third kappa shape index (κ3) is 5.71. The lowest BCUT2D eigenvalue weighted by atomic mass is 10.3. The highest BCUT2D eigenvalue weighted by Gasteiger charge is 2.18. The van der Waals surface area contributed by atoms with Crippen molar-refractivity contribution in [3.05, 3.63) is 75.7 Å². The number of halogens is 1. The number of thioether (sulfide) groups is 1. The maximum atomic E-state index is 12.8. The zero-order valence-corrected chi connectivity index (χ0v) is 18.6. The molecule has 0 atom stereocenters. The van der Waals surface area contributed by atoms with Crippen LogP contribution in [0, 0.1) is 6.92 Å². The lowest BCUT2D eigenvalue weighted by Crippen LogP contribution is -2.31. The fraction of sp³-hybridized carbons (Fsp3) is 0.190. The Bertz CT molecular complexity index is 1140. The van der Waals surface area contributed by atoms with Crippen LogP contribution >= 0.6 is 23.4 Å². The standard InChI is InChI=1S/C21H22ClN5O3S/c1-14-20(21(30)27(26(14)2)17-9-4-3-5-10-17)23-18(28)12-31-13-19(29)25-24-16-8-6-7-15(22)11-16/h3-11,24H,12-13H2,1-2H3,(H,23,28)(H,25,29). The zero-order valence-electron chi connectivity index (χ0n) is 17.0. The van der Waals surface area contributed by atoms with Crippen LogP contribution in [0.5, 0.6) is 0 Å². The number of anilines is 2. The van der Waals surface area contributed by atoms with Gasteiger partial charge in [0.05, 0.1) is 28.6 Å². The van der Waals surface area contributed by atoms with Gasteiger partial charge in [-0.1, -0.05) is 35.9 Å². The van der Waals surface area contributed by atoms with Crippen LogP contribution in [0.3, 0.4) is 0 Å². The Labute approximate surface area is 188 Å². The molecule has 31 heavy (non-hydrogen) atoms. The number of carbonyl (C=O) groups excluding carboxylic acids is 2. The van der Waals surface area contributed by atoms with Gasteiger partial charge >= 0.3 is 0 Å². The number of hydrogen-bond donors (Lipinski definition) is 3. The normalized spacial score (nSPS) is 10.5. The summed E-state index contributed by atoms with van der Waals surface area (Å²) in [6.45, 7) is 1.76. The van der Waals surface area contributed by atoms with E-state index < -0.39 is 0 Å². The molecule has 0 radical (unpaired) electrons. The van der Waals surface area contributed by atoms with Crippen LogP contribution in [0.25, 0.3) is 5.69 Å². The molecule has 0 saturated heterocycles. The lowest BCUT2D eigenvalue weighted by Gasteiger charge is -2.08. The number of hydrazine groups is 1. The number of carbonyl (C=O) groups is 2. The fourth-order valence-electron chi connectivity index (χ4n) is 2.87. The Morgan fingerprint density at radius 1 is 1.03 bits per heavy atom. The molecular weight excluding hydrogens is 438 g/mol. The second-order valence-corrected chi connectivity index (χ2v) is 8.08. The van der Waals surface area contributed by atoms with E-state index in [9.17, 15) is 14.4 Å². The van der Waals surface area contributed by atoms with Gasteiger partial charge in [0.15, 0.2) is 0 Å². The number of nitrogens with zero attached hydrogens (tertiary/aromatic N) is 2. The summed E-state index contributed by atoms with van der Waals surface area (Å²) in [5, 5.41) is 3.22. The van der Waals surface area contributed by atoms with Gasteiger partial charge < -0.3 is 5.32 Å². The summed E-state index contributed by atoms with van der Waals surface area (Å²) in [4.78, 5) is 37.1. The number of hydrogen-bond acceptors (Lipinski definition) is 5. The molecule has 3 rings (SSSR count). The Kier molecular flexibility index (Phi) is 7.43. The molecule has 0 aliphatic heterocycles. The monoisotopic (exact) mass is 459 g/mol. The number of nitrogens with one attached hydrogen (secondary N) is 3.